The van der Waals surface area contributed by atoms with Gasteiger partial charge in [-0.05, 0) is 50.6 Å². The summed E-state index contributed by atoms with van der Waals surface area (Å²) in [6, 6.07) is 15.3. The van der Waals surface area contributed by atoms with E-state index in [1.807, 2.05) is 62.4 Å². The van der Waals surface area contributed by atoms with Crippen LogP contribution in [0, 0.1) is 6.92 Å². The van der Waals surface area contributed by atoms with Crippen molar-refractivity contribution in [3.63, 3.8) is 0 Å². The molecule has 6 nitrogen and oxygen atoms in total. The molecule has 1 N–H and O–H groups in total. The third kappa shape index (κ3) is 4.27. The summed E-state index contributed by atoms with van der Waals surface area (Å²) in [7, 11) is 0. The van der Waals surface area contributed by atoms with Gasteiger partial charge in [-0.15, -0.1) is 0 Å². The third-order valence-corrected chi connectivity index (χ3v) is 4.14. The Morgan fingerprint density at radius 2 is 1.77 bits per heavy atom. The first-order valence-corrected chi connectivity index (χ1v) is 8.51. The fourth-order valence-electron chi connectivity index (χ4n) is 2.55. The van der Waals surface area contributed by atoms with Gasteiger partial charge in [-0.2, -0.15) is 5.10 Å². The molecule has 1 heterocycles. The van der Waals surface area contributed by atoms with Gasteiger partial charge in [0.2, 0.25) is 0 Å². The molecule has 3 aromatic rings. The number of carbonyl (C=O) groups is 1. The lowest BCUT2D eigenvalue weighted by Crippen LogP contribution is -2.37. The van der Waals surface area contributed by atoms with E-state index >= 15 is 0 Å². The number of aryl methyl sites for hydroxylation is 1. The van der Waals surface area contributed by atoms with Gasteiger partial charge in [-0.1, -0.05) is 29.8 Å². The summed E-state index contributed by atoms with van der Waals surface area (Å²) in [6.07, 6.45) is 2.56. The van der Waals surface area contributed by atoms with E-state index in [4.69, 9.17) is 4.74 Å². The number of amides is 1. The van der Waals surface area contributed by atoms with Crippen LogP contribution in [0.25, 0.3) is 5.69 Å². The molecule has 0 aliphatic carbocycles. The molecule has 0 spiro atoms. The first-order chi connectivity index (χ1) is 12.5. The number of nitrogens with zero attached hydrogens (tertiary/aromatic N) is 3. The molecule has 0 saturated carbocycles. The Hall–Kier alpha value is -3.15. The quantitative estimate of drug-likeness (QED) is 0.741. The molecule has 6 heteroatoms. The lowest BCUT2D eigenvalue weighted by Gasteiger charge is -2.19. The van der Waals surface area contributed by atoms with Gasteiger partial charge in [0.05, 0.1) is 11.7 Å². The fraction of sp³-hybridized carbons (Fsp3) is 0.250. The summed E-state index contributed by atoms with van der Waals surface area (Å²) in [5.74, 6) is 0.529. The van der Waals surface area contributed by atoms with Crippen LogP contribution in [0.4, 0.5) is 0 Å². The molecule has 26 heavy (non-hydrogen) atoms. The number of hydrogen-bond acceptors (Lipinski definition) is 4. The van der Waals surface area contributed by atoms with Crippen LogP contribution in [-0.2, 0) is 4.79 Å². The minimum atomic E-state index is -0.574. The van der Waals surface area contributed by atoms with Gasteiger partial charge >= 0.3 is 0 Å². The van der Waals surface area contributed by atoms with Gasteiger partial charge < -0.3 is 10.1 Å². The standard InChI is InChI=1S/C20H22N4O2/c1-14-4-10-19(11-5-14)26-16(3)20(25)23-15(2)17-6-8-18(9-7-17)24-13-21-12-22-24/h4-13,15-16H,1-3H3,(H,23,25)/t15-,16-/m0/s1. The van der Waals surface area contributed by atoms with Crippen molar-refractivity contribution in [1.82, 2.24) is 20.1 Å². The average Bonchev–Trinajstić information content (AvgIpc) is 3.18. The minimum Gasteiger partial charge on any atom is -0.481 e. The zero-order valence-corrected chi connectivity index (χ0v) is 15.1. The summed E-state index contributed by atoms with van der Waals surface area (Å²) >= 11 is 0. The van der Waals surface area contributed by atoms with Crippen molar-refractivity contribution in [3.05, 3.63) is 72.3 Å². The lowest BCUT2D eigenvalue weighted by atomic mass is 10.1. The fourth-order valence-corrected chi connectivity index (χ4v) is 2.55. The van der Waals surface area contributed by atoms with Crippen LogP contribution in [0.15, 0.2) is 61.2 Å². The zero-order valence-electron chi connectivity index (χ0n) is 15.1. The molecular formula is C20H22N4O2. The topological polar surface area (TPSA) is 69.0 Å². The SMILES string of the molecule is Cc1ccc(O[C@@H](C)C(=O)N[C@@H](C)c2ccc(-n3cncn3)cc2)cc1. The van der Waals surface area contributed by atoms with Crippen LogP contribution in [-0.4, -0.2) is 26.8 Å². The highest BCUT2D eigenvalue weighted by atomic mass is 16.5. The summed E-state index contributed by atoms with van der Waals surface area (Å²) in [5, 5.41) is 7.08. The maximum Gasteiger partial charge on any atom is 0.261 e. The molecule has 1 amide bonds. The predicted molar refractivity (Wildman–Crippen MR) is 99.2 cm³/mol. The van der Waals surface area contributed by atoms with Crippen molar-refractivity contribution < 1.29 is 9.53 Å². The van der Waals surface area contributed by atoms with Crippen LogP contribution in [0.2, 0.25) is 0 Å². The van der Waals surface area contributed by atoms with Crippen molar-refractivity contribution in [2.24, 2.45) is 0 Å². The van der Waals surface area contributed by atoms with Crippen molar-refractivity contribution in [2.45, 2.75) is 32.9 Å². The molecule has 0 fully saturated rings. The normalized spacial score (nSPS) is 13.0. The number of rotatable bonds is 6. The molecular weight excluding hydrogens is 328 g/mol. The molecule has 0 aliphatic rings. The van der Waals surface area contributed by atoms with Crippen LogP contribution in [0.3, 0.4) is 0 Å². The number of ether oxygens (including phenoxy) is 1. The van der Waals surface area contributed by atoms with Crippen molar-refractivity contribution in [1.29, 1.82) is 0 Å². The first kappa shape index (κ1) is 17.7. The summed E-state index contributed by atoms with van der Waals surface area (Å²) in [5.41, 5.74) is 3.07. The Morgan fingerprint density at radius 1 is 1.08 bits per heavy atom. The number of hydrogen-bond donors (Lipinski definition) is 1. The Labute approximate surface area is 152 Å². The summed E-state index contributed by atoms with van der Waals surface area (Å²) < 4.78 is 7.39. The van der Waals surface area contributed by atoms with Gasteiger partial charge in [-0.3, -0.25) is 4.79 Å². The second kappa shape index (κ2) is 7.82. The molecule has 134 valence electrons. The van der Waals surface area contributed by atoms with Crippen molar-refractivity contribution >= 4 is 5.91 Å². The van der Waals surface area contributed by atoms with Gasteiger partial charge in [0, 0.05) is 0 Å². The van der Waals surface area contributed by atoms with Crippen LogP contribution < -0.4 is 10.1 Å². The van der Waals surface area contributed by atoms with E-state index in [1.54, 1.807) is 17.9 Å². The Bertz CT molecular complexity index is 843. The van der Waals surface area contributed by atoms with E-state index in [1.165, 1.54) is 6.33 Å². The van der Waals surface area contributed by atoms with E-state index in [2.05, 4.69) is 15.4 Å². The van der Waals surface area contributed by atoms with Crippen LogP contribution >= 0.6 is 0 Å². The minimum absolute atomic E-state index is 0.128. The highest BCUT2D eigenvalue weighted by Gasteiger charge is 2.17. The lowest BCUT2D eigenvalue weighted by molar-refractivity contribution is -0.127. The highest BCUT2D eigenvalue weighted by Crippen LogP contribution is 2.17. The zero-order chi connectivity index (χ0) is 18.5. The van der Waals surface area contributed by atoms with Gasteiger partial charge in [0.25, 0.3) is 5.91 Å². The number of aromatic nitrogens is 3. The van der Waals surface area contributed by atoms with E-state index in [0.29, 0.717) is 5.75 Å². The van der Waals surface area contributed by atoms with Gasteiger partial charge in [0.1, 0.15) is 18.4 Å². The van der Waals surface area contributed by atoms with E-state index < -0.39 is 6.10 Å². The van der Waals surface area contributed by atoms with Crippen LogP contribution in [0.5, 0.6) is 5.75 Å². The molecule has 1 aromatic heterocycles. The summed E-state index contributed by atoms with van der Waals surface area (Å²) in [6.45, 7) is 5.70. The maximum absolute atomic E-state index is 12.4. The van der Waals surface area contributed by atoms with E-state index in [9.17, 15) is 4.79 Å². The highest BCUT2D eigenvalue weighted by molar-refractivity contribution is 5.81. The van der Waals surface area contributed by atoms with E-state index in [0.717, 1.165) is 16.8 Å². The molecule has 3 rings (SSSR count). The Kier molecular flexibility index (Phi) is 5.31. The van der Waals surface area contributed by atoms with Crippen LogP contribution in [0.1, 0.15) is 31.0 Å². The monoisotopic (exact) mass is 350 g/mol. The molecule has 0 radical (unpaired) electrons. The predicted octanol–water partition coefficient (Wildman–Crippen LogP) is 3.22. The Morgan fingerprint density at radius 3 is 2.38 bits per heavy atom. The Balaban J connectivity index is 1.58. The second-order valence-corrected chi connectivity index (χ2v) is 6.23. The first-order valence-electron chi connectivity index (χ1n) is 8.51. The number of benzene rings is 2. The second-order valence-electron chi connectivity index (χ2n) is 6.23. The third-order valence-electron chi connectivity index (χ3n) is 4.14. The molecule has 0 bridgehead atoms. The number of nitrogens with one attached hydrogen (secondary N) is 1. The van der Waals surface area contributed by atoms with Crippen molar-refractivity contribution in [2.75, 3.05) is 0 Å². The number of carbonyl (C=O) groups excluding carboxylic acids is 1. The smallest absolute Gasteiger partial charge is 0.261 e. The molecule has 2 atom stereocenters. The largest absolute Gasteiger partial charge is 0.481 e. The van der Waals surface area contributed by atoms with E-state index in [-0.39, 0.29) is 11.9 Å². The van der Waals surface area contributed by atoms with Gasteiger partial charge in [0.15, 0.2) is 6.10 Å². The molecule has 0 aliphatic heterocycles. The van der Waals surface area contributed by atoms with Gasteiger partial charge in [-0.25, -0.2) is 9.67 Å². The molecule has 0 unspecified atom stereocenters. The van der Waals surface area contributed by atoms with Crippen molar-refractivity contribution in [3.8, 4) is 11.4 Å². The average molecular weight is 350 g/mol. The maximum atomic E-state index is 12.4. The molecule has 2 aromatic carbocycles. The molecule has 0 saturated heterocycles. The summed E-state index contributed by atoms with van der Waals surface area (Å²) in [4.78, 5) is 16.3.